The van der Waals surface area contributed by atoms with E-state index in [1.165, 1.54) is 24.8 Å². The molecular formula is C20H32O2. The van der Waals surface area contributed by atoms with Crippen LogP contribution in [0.5, 0.6) is 5.75 Å². The quantitative estimate of drug-likeness (QED) is 0.703. The predicted molar refractivity (Wildman–Crippen MR) is 92.5 cm³/mol. The smallest absolute Gasteiger partial charge is 0.119 e. The van der Waals surface area contributed by atoms with Crippen molar-refractivity contribution in [3.05, 3.63) is 29.3 Å². The number of aliphatic hydroxyl groups is 1. The van der Waals surface area contributed by atoms with Crippen molar-refractivity contribution in [2.24, 2.45) is 0 Å². The minimum atomic E-state index is -0.205. The van der Waals surface area contributed by atoms with Crippen LogP contribution in [-0.2, 0) is 5.41 Å². The zero-order valence-electron chi connectivity index (χ0n) is 14.4. The van der Waals surface area contributed by atoms with Crippen LogP contribution < -0.4 is 0 Å². The summed E-state index contributed by atoms with van der Waals surface area (Å²) in [7, 11) is 0. The maximum Gasteiger partial charge on any atom is 0.119 e. The Kier molecular flexibility index (Phi) is 5.91. The third-order valence-corrected chi connectivity index (χ3v) is 5.30. The normalized spacial score (nSPS) is 22.7. The molecule has 0 aliphatic heterocycles. The van der Waals surface area contributed by atoms with Gasteiger partial charge in [-0.25, -0.2) is 0 Å². The van der Waals surface area contributed by atoms with Gasteiger partial charge < -0.3 is 10.2 Å². The second-order valence-corrected chi connectivity index (χ2v) is 7.63. The Morgan fingerprint density at radius 1 is 1.18 bits per heavy atom. The first-order valence-corrected chi connectivity index (χ1v) is 8.95. The Morgan fingerprint density at radius 2 is 1.95 bits per heavy atom. The second-order valence-electron chi connectivity index (χ2n) is 7.63. The van der Waals surface area contributed by atoms with Gasteiger partial charge in [-0.15, -0.1) is 0 Å². The summed E-state index contributed by atoms with van der Waals surface area (Å²) in [6.45, 7) is 6.76. The van der Waals surface area contributed by atoms with Gasteiger partial charge in [0.15, 0.2) is 0 Å². The lowest BCUT2D eigenvalue weighted by Gasteiger charge is -2.29. The van der Waals surface area contributed by atoms with E-state index in [4.69, 9.17) is 0 Å². The largest absolute Gasteiger partial charge is 0.508 e. The van der Waals surface area contributed by atoms with Crippen LogP contribution in [0, 0.1) is 0 Å². The van der Waals surface area contributed by atoms with Crippen LogP contribution in [0.4, 0.5) is 0 Å². The molecule has 1 saturated carbocycles. The van der Waals surface area contributed by atoms with Gasteiger partial charge in [-0.05, 0) is 54.2 Å². The molecule has 2 atom stereocenters. The molecule has 2 N–H and O–H groups in total. The maximum atomic E-state index is 10.5. The predicted octanol–water partition coefficient (Wildman–Crippen LogP) is 5.27. The lowest BCUT2D eigenvalue weighted by Crippen LogP contribution is -2.19. The molecule has 1 aliphatic carbocycles. The summed E-state index contributed by atoms with van der Waals surface area (Å²) in [4.78, 5) is 0. The van der Waals surface area contributed by atoms with Crippen LogP contribution >= 0.6 is 0 Å². The highest BCUT2D eigenvalue weighted by atomic mass is 16.3. The van der Waals surface area contributed by atoms with E-state index in [9.17, 15) is 10.2 Å². The van der Waals surface area contributed by atoms with Crippen molar-refractivity contribution in [2.75, 3.05) is 0 Å². The molecule has 2 nitrogen and oxygen atoms in total. The summed E-state index contributed by atoms with van der Waals surface area (Å²) in [6.07, 6.45) is 8.51. The highest BCUT2D eigenvalue weighted by Gasteiger charge is 2.26. The summed E-state index contributed by atoms with van der Waals surface area (Å²) < 4.78 is 0. The Hall–Kier alpha value is -1.02. The summed E-state index contributed by atoms with van der Waals surface area (Å²) >= 11 is 0. The van der Waals surface area contributed by atoms with E-state index in [1.54, 1.807) is 0 Å². The van der Waals surface area contributed by atoms with Crippen molar-refractivity contribution in [1.29, 1.82) is 0 Å². The fraction of sp³-hybridized carbons (Fsp3) is 0.700. The number of aromatic hydroxyl groups is 1. The number of hydrogen-bond acceptors (Lipinski definition) is 2. The minimum absolute atomic E-state index is 0.108. The molecule has 0 aromatic heterocycles. The van der Waals surface area contributed by atoms with E-state index in [0.717, 1.165) is 37.7 Å². The van der Waals surface area contributed by atoms with E-state index in [-0.39, 0.29) is 11.5 Å². The third-order valence-electron chi connectivity index (χ3n) is 5.30. The molecule has 1 aliphatic rings. The Labute approximate surface area is 135 Å². The number of unbranched alkanes of at least 4 members (excludes halogenated alkanes) is 2. The summed E-state index contributed by atoms with van der Waals surface area (Å²) in [5.74, 6) is 0.723. The first kappa shape index (κ1) is 17.3. The maximum absolute atomic E-state index is 10.5. The van der Waals surface area contributed by atoms with Gasteiger partial charge >= 0.3 is 0 Å². The number of aliphatic hydroxyl groups excluding tert-OH is 1. The van der Waals surface area contributed by atoms with Gasteiger partial charge in [-0.3, -0.25) is 0 Å². The van der Waals surface area contributed by atoms with Crippen molar-refractivity contribution in [3.8, 4) is 5.75 Å². The van der Waals surface area contributed by atoms with Crippen LogP contribution in [0.25, 0.3) is 0 Å². The molecule has 1 fully saturated rings. The first-order chi connectivity index (χ1) is 10.4. The minimum Gasteiger partial charge on any atom is -0.508 e. The van der Waals surface area contributed by atoms with Crippen molar-refractivity contribution in [2.45, 2.75) is 89.6 Å². The van der Waals surface area contributed by atoms with Gasteiger partial charge in [-0.2, -0.15) is 0 Å². The number of phenolic OH excluding ortho intramolecular Hbond substituents is 1. The van der Waals surface area contributed by atoms with Crippen LogP contribution in [0.3, 0.4) is 0 Å². The van der Waals surface area contributed by atoms with E-state index in [2.05, 4.69) is 32.9 Å². The van der Waals surface area contributed by atoms with Gasteiger partial charge in [0.2, 0.25) is 0 Å². The topological polar surface area (TPSA) is 40.5 Å². The molecule has 22 heavy (non-hydrogen) atoms. The molecule has 2 heteroatoms. The van der Waals surface area contributed by atoms with Gasteiger partial charge in [0, 0.05) is 0 Å². The number of phenols is 1. The third kappa shape index (κ3) is 4.25. The standard InChI is InChI=1S/C20H32O2/c1-4-5-6-12-20(2,3)16-10-11-18(19(22)14-16)15-8-7-9-17(21)13-15/h10-11,14-15,17,21-22H,4-9,12-13H2,1-3H3/t15-,17+/m1/s1. The first-order valence-electron chi connectivity index (χ1n) is 8.95. The average Bonchev–Trinajstić information content (AvgIpc) is 2.47. The van der Waals surface area contributed by atoms with E-state index < -0.39 is 0 Å². The summed E-state index contributed by atoms with van der Waals surface area (Å²) in [5, 5.41) is 20.3. The van der Waals surface area contributed by atoms with Crippen LogP contribution in [0.15, 0.2) is 18.2 Å². The fourth-order valence-corrected chi connectivity index (χ4v) is 3.72. The summed E-state index contributed by atoms with van der Waals surface area (Å²) in [5.41, 5.74) is 2.35. The van der Waals surface area contributed by atoms with Crippen LogP contribution in [0.2, 0.25) is 0 Å². The van der Waals surface area contributed by atoms with Crippen molar-refractivity contribution >= 4 is 0 Å². The SMILES string of the molecule is CCCCCC(C)(C)c1ccc([C@@H]2CCC[C@H](O)C2)c(O)c1. The molecule has 0 bridgehead atoms. The van der Waals surface area contributed by atoms with E-state index in [0.29, 0.717) is 11.7 Å². The highest BCUT2D eigenvalue weighted by Crippen LogP contribution is 2.39. The molecule has 1 aromatic rings. The zero-order chi connectivity index (χ0) is 16.2. The molecule has 0 spiro atoms. The van der Waals surface area contributed by atoms with Crippen molar-refractivity contribution in [1.82, 2.24) is 0 Å². The number of rotatable bonds is 6. The molecule has 0 saturated heterocycles. The molecule has 0 heterocycles. The second kappa shape index (κ2) is 7.50. The van der Waals surface area contributed by atoms with E-state index >= 15 is 0 Å². The van der Waals surface area contributed by atoms with Crippen molar-refractivity contribution in [3.63, 3.8) is 0 Å². The summed E-state index contributed by atoms with van der Waals surface area (Å²) in [6, 6.07) is 6.24. The van der Waals surface area contributed by atoms with Gasteiger partial charge in [-0.1, -0.05) is 58.6 Å². The Morgan fingerprint density at radius 3 is 2.59 bits per heavy atom. The molecule has 2 rings (SSSR count). The molecule has 124 valence electrons. The molecular weight excluding hydrogens is 272 g/mol. The fourth-order valence-electron chi connectivity index (χ4n) is 3.72. The molecule has 0 unspecified atom stereocenters. The van der Waals surface area contributed by atoms with Crippen LogP contribution in [0.1, 0.15) is 89.2 Å². The zero-order valence-corrected chi connectivity index (χ0v) is 14.4. The Bertz CT molecular complexity index is 479. The highest BCUT2D eigenvalue weighted by molar-refractivity contribution is 5.41. The molecule has 1 aromatic carbocycles. The Balaban J connectivity index is 2.11. The number of benzene rings is 1. The number of hydrogen-bond donors (Lipinski definition) is 2. The average molecular weight is 304 g/mol. The molecule has 0 amide bonds. The van der Waals surface area contributed by atoms with Gasteiger partial charge in [0.1, 0.15) is 5.75 Å². The van der Waals surface area contributed by atoms with E-state index in [1.807, 2.05) is 6.07 Å². The lowest BCUT2D eigenvalue weighted by atomic mass is 9.77. The molecule has 0 radical (unpaired) electrons. The van der Waals surface area contributed by atoms with Crippen molar-refractivity contribution < 1.29 is 10.2 Å². The monoisotopic (exact) mass is 304 g/mol. The lowest BCUT2D eigenvalue weighted by molar-refractivity contribution is 0.119. The van der Waals surface area contributed by atoms with Crippen LogP contribution in [-0.4, -0.2) is 16.3 Å². The van der Waals surface area contributed by atoms with Gasteiger partial charge in [0.25, 0.3) is 0 Å². The van der Waals surface area contributed by atoms with Gasteiger partial charge in [0.05, 0.1) is 6.10 Å².